The van der Waals surface area contributed by atoms with Crippen LogP contribution in [0.5, 0.6) is 0 Å². The van der Waals surface area contributed by atoms with Gasteiger partial charge in [0.25, 0.3) is 0 Å². The van der Waals surface area contributed by atoms with Crippen LogP contribution < -0.4 is 0 Å². The zero-order valence-electron chi connectivity index (χ0n) is 53.0. The van der Waals surface area contributed by atoms with Crippen LogP contribution in [0.4, 0.5) is 0 Å². The molecular weight excluding hydrogens is 1180 g/mol. The third-order valence-electron chi connectivity index (χ3n) is 18.6. The summed E-state index contributed by atoms with van der Waals surface area (Å²) >= 11 is 10.2. The summed E-state index contributed by atoms with van der Waals surface area (Å²) in [4.78, 5) is 21.0. The Morgan fingerprint density at radius 3 is 1.24 bits per heavy atom. The first kappa shape index (κ1) is 65.6. The van der Waals surface area contributed by atoms with Crippen molar-refractivity contribution in [2.75, 3.05) is 39.6 Å². The summed E-state index contributed by atoms with van der Waals surface area (Å²) < 4.78 is 39.5. The minimum Gasteiger partial charge on any atom is -0.381 e. The lowest BCUT2D eigenvalue weighted by molar-refractivity contribution is 0.0916. The Hall–Kier alpha value is -3.38. The van der Waals surface area contributed by atoms with Gasteiger partial charge in [0.15, 0.2) is 0 Å². The van der Waals surface area contributed by atoms with E-state index in [4.69, 9.17) is 41.7 Å². The smallest absolute Gasteiger partial charge is 0.132 e. The molecule has 2 aliphatic rings. The minimum atomic E-state index is -0.323. The number of unbranched alkanes of at least 4 members (excludes halogenated alkanes) is 22. The van der Waals surface area contributed by atoms with E-state index in [9.17, 15) is 0 Å². The van der Waals surface area contributed by atoms with E-state index >= 15 is 0 Å². The van der Waals surface area contributed by atoms with E-state index in [1.54, 1.807) is 5.56 Å². The van der Waals surface area contributed by atoms with Gasteiger partial charge in [-0.15, -0.1) is 45.3 Å². The highest BCUT2D eigenvalue weighted by molar-refractivity contribution is 7.26. The molecule has 0 saturated carbocycles. The van der Waals surface area contributed by atoms with Gasteiger partial charge >= 0.3 is 0 Å². The van der Waals surface area contributed by atoms with Crippen LogP contribution in [0.1, 0.15) is 259 Å². The normalized spacial score (nSPS) is 15.0. The Labute approximate surface area is 540 Å². The van der Waals surface area contributed by atoms with Gasteiger partial charge in [-0.1, -0.05) is 175 Å². The number of nitrogens with zero attached hydrogens (tertiary/aromatic N) is 6. The van der Waals surface area contributed by atoms with E-state index in [-0.39, 0.29) is 10.8 Å². The Morgan fingerprint density at radius 2 is 0.721 bits per heavy atom. The molecule has 2 aliphatic carbocycles. The summed E-state index contributed by atoms with van der Waals surface area (Å²) in [6.45, 7) is 18.3. The Bertz CT molecular complexity index is 3320. The second-order valence-electron chi connectivity index (χ2n) is 25.0. The number of fused-ring (bicyclic) bond motifs is 8. The molecule has 0 radical (unpaired) electrons. The molecule has 0 fully saturated rings. The number of rotatable bonds is 43. The number of hydrogen-bond acceptors (Lipinski definition) is 15. The molecule has 0 aromatic carbocycles. The second-order valence-corrected chi connectivity index (χ2v) is 30.5. The molecule has 9 nitrogen and oxygen atoms in total. The highest BCUT2D eigenvalue weighted by Gasteiger charge is 2.48. The Kier molecular flexibility index (Phi) is 25.2. The molecule has 8 heterocycles. The van der Waals surface area contributed by atoms with Crippen molar-refractivity contribution in [3.05, 3.63) is 69.4 Å². The summed E-state index contributed by atoms with van der Waals surface area (Å²) in [6, 6.07) is 9.96. The van der Waals surface area contributed by atoms with Crippen LogP contribution >= 0.6 is 68.8 Å². The van der Waals surface area contributed by atoms with Crippen LogP contribution in [0, 0.1) is 13.8 Å². The van der Waals surface area contributed by atoms with Gasteiger partial charge in [0, 0.05) is 97.7 Å². The van der Waals surface area contributed by atoms with Crippen LogP contribution in [-0.4, -0.2) is 67.1 Å². The van der Waals surface area contributed by atoms with E-state index in [2.05, 4.69) is 72.0 Å². The van der Waals surface area contributed by atoms with Crippen molar-refractivity contribution in [1.82, 2.24) is 27.5 Å². The molecule has 0 amide bonds. The average molecular weight is 1280 g/mol. The van der Waals surface area contributed by atoms with Gasteiger partial charge in [-0.05, 0) is 117 Å². The molecule has 0 bridgehead atoms. The summed E-state index contributed by atoms with van der Waals surface area (Å²) in [5.41, 5.74) is 13.1. The fourth-order valence-corrected chi connectivity index (χ4v) is 20.1. The van der Waals surface area contributed by atoms with Crippen molar-refractivity contribution in [2.45, 2.75) is 251 Å². The number of ether oxygens (including phenoxy) is 3. The summed E-state index contributed by atoms with van der Waals surface area (Å²) in [7, 11) is 0. The van der Waals surface area contributed by atoms with Gasteiger partial charge in [0.2, 0.25) is 0 Å². The third kappa shape index (κ3) is 15.3. The molecule has 0 spiro atoms. The zero-order chi connectivity index (χ0) is 59.6. The van der Waals surface area contributed by atoms with Gasteiger partial charge in [-0.3, -0.25) is 9.97 Å². The van der Waals surface area contributed by atoms with Gasteiger partial charge < -0.3 is 14.2 Å². The van der Waals surface area contributed by atoms with Crippen LogP contribution in [-0.2, 0) is 25.0 Å². The molecule has 1 unspecified atom stereocenters. The molecule has 0 saturated heterocycles. The van der Waals surface area contributed by atoms with Crippen LogP contribution in [0.3, 0.4) is 0 Å². The molecule has 15 heteroatoms. The lowest BCUT2D eigenvalue weighted by atomic mass is 9.72. The van der Waals surface area contributed by atoms with E-state index in [1.165, 1.54) is 224 Å². The summed E-state index contributed by atoms with van der Waals surface area (Å²) in [5, 5.41) is 0. The predicted molar refractivity (Wildman–Crippen MR) is 372 cm³/mol. The van der Waals surface area contributed by atoms with E-state index in [0.29, 0.717) is 13.2 Å². The number of pyridine rings is 2. The summed E-state index contributed by atoms with van der Waals surface area (Å²) in [5.74, 6) is 0. The van der Waals surface area contributed by atoms with Crippen molar-refractivity contribution in [3.63, 3.8) is 0 Å². The van der Waals surface area contributed by atoms with Gasteiger partial charge in [0.1, 0.15) is 33.5 Å². The Balaban J connectivity index is 0.930. The topological polar surface area (TPSA) is 105 Å². The van der Waals surface area contributed by atoms with Crippen molar-refractivity contribution in [3.8, 4) is 51.1 Å². The van der Waals surface area contributed by atoms with Crippen molar-refractivity contribution in [2.24, 2.45) is 0 Å². The molecule has 8 aromatic heterocycles. The van der Waals surface area contributed by atoms with E-state index < -0.39 is 0 Å². The standard InChI is InChI=1S/C71H98N6O3S6/c1-7-11-15-18-21-24-27-30-38-78-41-33-35-70(34-14-10-4)53-44-51(6)81-66(53)67-54(70)45-57(82-67)52-49-73-63(65-61(52)75-86-77-65)59-47-56-69(84-59)68-55(46-58(83-68)62-64-60(74-85-76-64)50(5)48-72-62)71(56,36-42-79-39-31-28-25-22-19-16-12-8-2)37-43-80-40-32-29-26-23-20-17-13-9-3/h44-49H,7-43H2,1-6H3. The first-order valence-corrected chi connectivity index (χ1v) is 38.6. The predicted octanol–water partition coefficient (Wildman–Crippen LogP) is 23.1. The van der Waals surface area contributed by atoms with Crippen molar-refractivity contribution < 1.29 is 14.2 Å². The maximum atomic E-state index is 6.68. The average Bonchev–Trinajstić information content (AvgIpc) is 2.39. The van der Waals surface area contributed by atoms with Crippen molar-refractivity contribution in [1.29, 1.82) is 0 Å². The first-order valence-electron chi connectivity index (χ1n) is 33.8. The molecular formula is C71H98N6O3S6. The van der Waals surface area contributed by atoms with Crippen LogP contribution in [0.15, 0.2) is 36.7 Å². The Morgan fingerprint density at radius 1 is 0.349 bits per heavy atom. The molecule has 466 valence electrons. The molecule has 86 heavy (non-hydrogen) atoms. The van der Waals surface area contributed by atoms with Crippen LogP contribution in [0.2, 0.25) is 0 Å². The monoisotopic (exact) mass is 1270 g/mol. The number of hydrogen-bond donors (Lipinski definition) is 0. The van der Waals surface area contributed by atoms with Crippen molar-refractivity contribution >= 4 is 90.9 Å². The van der Waals surface area contributed by atoms with E-state index in [1.807, 2.05) is 51.5 Å². The summed E-state index contributed by atoms with van der Waals surface area (Å²) in [6.07, 6.45) is 42.7. The first-order chi connectivity index (χ1) is 42.4. The fraction of sp³-hybridized carbons (Fsp3) is 0.634. The third-order valence-corrected chi connectivity index (χ3v) is 24.5. The van der Waals surface area contributed by atoms with E-state index in [0.717, 1.165) is 126 Å². The molecule has 1 atom stereocenters. The molecule has 10 rings (SSSR count). The number of aryl methyl sites for hydroxylation is 2. The van der Waals surface area contributed by atoms with Crippen LogP contribution in [0.25, 0.3) is 73.2 Å². The molecule has 8 aromatic rings. The van der Waals surface area contributed by atoms with Gasteiger partial charge in [0.05, 0.1) is 33.2 Å². The zero-order valence-corrected chi connectivity index (χ0v) is 57.9. The number of thiophene rings is 4. The maximum absolute atomic E-state index is 6.68. The SMILES string of the molecule is CCCCCCCCCCOCCCC1(CCCC)c2cc(C)sc2-c2sc(-c3cnc(-c4cc5c(s4)-c4sc(-c6ncc(C)c7nsnc67)cc4C5(CCOCCCCCCCCCC)CCOCCCCCCCCCC)c4nsnc34)cc21. The minimum absolute atomic E-state index is 0.0187. The number of aromatic nitrogens is 6. The fourth-order valence-electron chi connectivity index (χ4n) is 13.7. The molecule has 0 N–H and O–H groups in total. The lowest BCUT2D eigenvalue weighted by Crippen LogP contribution is -2.29. The largest absolute Gasteiger partial charge is 0.381 e. The lowest BCUT2D eigenvalue weighted by Gasteiger charge is -2.31. The van der Waals surface area contributed by atoms with Gasteiger partial charge in [-0.25, -0.2) is 0 Å². The maximum Gasteiger partial charge on any atom is 0.132 e. The second kappa shape index (κ2) is 33.1. The quantitative estimate of drug-likeness (QED) is 0.0346. The molecule has 0 aliphatic heterocycles. The highest BCUT2D eigenvalue weighted by Crippen LogP contribution is 2.63. The van der Waals surface area contributed by atoms with Gasteiger partial charge in [-0.2, -0.15) is 17.5 Å². The highest BCUT2D eigenvalue weighted by atomic mass is 32.1.